The summed E-state index contributed by atoms with van der Waals surface area (Å²) in [5, 5.41) is 11.9. The predicted molar refractivity (Wildman–Crippen MR) is 59.1 cm³/mol. The van der Waals surface area contributed by atoms with Crippen molar-refractivity contribution < 1.29 is 13.5 Å². The number of nitrogens with one attached hydrogen (secondary N) is 1. The molecule has 15 heavy (non-hydrogen) atoms. The molecule has 1 atom stereocenters. The second-order valence-electron chi connectivity index (χ2n) is 3.97. The molecule has 1 saturated heterocycles. The second-order valence-corrected chi connectivity index (χ2v) is 6.09. The number of hydrogen-bond donors (Lipinski definition) is 2. The van der Waals surface area contributed by atoms with Gasteiger partial charge in [0.1, 0.15) is 0 Å². The van der Waals surface area contributed by atoms with E-state index >= 15 is 0 Å². The van der Waals surface area contributed by atoms with E-state index in [4.69, 9.17) is 5.11 Å². The Labute approximate surface area is 91.5 Å². The summed E-state index contributed by atoms with van der Waals surface area (Å²) in [5.41, 5.74) is 0. The van der Waals surface area contributed by atoms with Gasteiger partial charge in [0.2, 0.25) is 10.0 Å². The Morgan fingerprint density at radius 1 is 1.47 bits per heavy atom. The molecular formula is C9H20N2O3S. The first kappa shape index (κ1) is 12.9. The van der Waals surface area contributed by atoms with Crippen LogP contribution in [0.3, 0.4) is 0 Å². The van der Waals surface area contributed by atoms with Crippen molar-refractivity contribution in [1.29, 1.82) is 0 Å². The minimum absolute atomic E-state index is 0.0740. The van der Waals surface area contributed by atoms with Crippen LogP contribution in [-0.4, -0.2) is 56.4 Å². The molecule has 0 aromatic rings. The molecule has 0 aromatic heterocycles. The Morgan fingerprint density at radius 3 is 2.73 bits per heavy atom. The van der Waals surface area contributed by atoms with Gasteiger partial charge in [-0.1, -0.05) is 6.42 Å². The molecule has 1 aliphatic heterocycles. The van der Waals surface area contributed by atoms with Gasteiger partial charge in [0, 0.05) is 19.6 Å². The van der Waals surface area contributed by atoms with E-state index in [0.29, 0.717) is 0 Å². The van der Waals surface area contributed by atoms with Crippen LogP contribution in [0.4, 0.5) is 0 Å². The van der Waals surface area contributed by atoms with Gasteiger partial charge in [-0.25, -0.2) is 12.7 Å². The Balaban J connectivity index is 2.47. The molecule has 0 bridgehead atoms. The van der Waals surface area contributed by atoms with Crippen LogP contribution in [0.15, 0.2) is 0 Å². The number of piperidine rings is 1. The van der Waals surface area contributed by atoms with E-state index in [1.54, 1.807) is 0 Å². The highest BCUT2D eigenvalue weighted by molar-refractivity contribution is 7.89. The zero-order valence-corrected chi connectivity index (χ0v) is 9.96. The van der Waals surface area contributed by atoms with Gasteiger partial charge in [0.05, 0.1) is 12.4 Å². The molecule has 0 spiro atoms. The quantitative estimate of drug-likeness (QED) is 0.667. The second kappa shape index (κ2) is 5.79. The molecule has 0 amide bonds. The monoisotopic (exact) mass is 236 g/mol. The SMILES string of the molecule is CN(CCO)S(=O)(=O)CC1CCCCN1. The van der Waals surface area contributed by atoms with Crippen molar-refractivity contribution in [2.24, 2.45) is 0 Å². The molecule has 90 valence electrons. The molecule has 1 aliphatic rings. The van der Waals surface area contributed by atoms with Crippen molar-refractivity contribution in [3.63, 3.8) is 0 Å². The maximum atomic E-state index is 11.8. The standard InChI is InChI=1S/C9H20N2O3S/c1-11(6-7-12)15(13,14)8-9-4-2-3-5-10-9/h9-10,12H,2-8H2,1H3. The van der Waals surface area contributed by atoms with Crippen LogP contribution in [-0.2, 0) is 10.0 Å². The van der Waals surface area contributed by atoms with Crippen molar-refractivity contribution in [2.45, 2.75) is 25.3 Å². The average molecular weight is 236 g/mol. The molecule has 2 N–H and O–H groups in total. The molecule has 0 radical (unpaired) electrons. The maximum absolute atomic E-state index is 11.8. The van der Waals surface area contributed by atoms with E-state index in [-0.39, 0.29) is 24.9 Å². The summed E-state index contributed by atoms with van der Waals surface area (Å²) in [5.74, 6) is 0.142. The van der Waals surface area contributed by atoms with Crippen molar-refractivity contribution in [3.05, 3.63) is 0 Å². The van der Waals surface area contributed by atoms with Gasteiger partial charge < -0.3 is 10.4 Å². The molecule has 5 nitrogen and oxygen atoms in total. The number of likely N-dealkylation sites (N-methyl/N-ethyl adjacent to an activating group) is 1. The number of aliphatic hydroxyl groups is 1. The molecule has 1 unspecified atom stereocenters. The third-order valence-corrected chi connectivity index (χ3v) is 4.67. The average Bonchev–Trinajstić information content (AvgIpc) is 2.19. The summed E-state index contributed by atoms with van der Waals surface area (Å²) in [7, 11) is -1.70. The van der Waals surface area contributed by atoms with Crippen molar-refractivity contribution in [2.75, 3.05) is 32.5 Å². The fourth-order valence-corrected chi connectivity index (χ4v) is 3.13. The lowest BCUT2D eigenvalue weighted by molar-refractivity contribution is 0.266. The van der Waals surface area contributed by atoms with Gasteiger partial charge in [-0.15, -0.1) is 0 Å². The molecule has 0 aliphatic carbocycles. The number of sulfonamides is 1. The highest BCUT2D eigenvalue weighted by Crippen LogP contribution is 2.10. The minimum Gasteiger partial charge on any atom is -0.395 e. The van der Waals surface area contributed by atoms with E-state index in [1.165, 1.54) is 11.4 Å². The Hall–Kier alpha value is -0.170. The summed E-state index contributed by atoms with van der Waals surface area (Å²) < 4.78 is 24.8. The lowest BCUT2D eigenvalue weighted by Gasteiger charge is -2.25. The minimum atomic E-state index is -3.21. The Kier molecular flexibility index (Phi) is 4.98. The Morgan fingerprint density at radius 2 is 2.20 bits per heavy atom. The zero-order chi connectivity index (χ0) is 11.3. The largest absolute Gasteiger partial charge is 0.395 e. The number of aliphatic hydroxyl groups excluding tert-OH is 1. The van der Waals surface area contributed by atoms with Gasteiger partial charge in [0.25, 0.3) is 0 Å². The van der Waals surface area contributed by atoms with Crippen LogP contribution in [0.2, 0.25) is 0 Å². The molecule has 6 heteroatoms. The molecule has 0 saturated carbocycles. The smallest absolute Gasteiger partial charge is 0.215 e. The lowest BCUT2D eigenvalue weighted by Crippen LogP contribution is -2.43. The van der Waals surface area contributed by atoms with Crippen LogP contribution in [0, 0.1) is 0 Å². The first-order valence-corrected chi connectivity index (χ1v) is 6.95. The summed E-state index contributed by atoms with van der Waals surface area (Å²) in [6, 6.07) is 0.0740. The summed E-state index contributed by atoms with van der Waals surface area (Å²) in [4.78, 5) is 0. The third-order valence-electron chi connectivity index (χ3n) is 2.71. The van der Waals surface area contributed by atoms with Gasteiger partial charge in [-0.3, -0.25) is 0 Å². The summed E-state index contributed by atoms with van der Waals surface area (Å²) >= 11 is 0. The van der Waals surface area contributed by atoms with E-state index < -0.39 is 10.0 Å². The number of hydrogen-bond acceptors (Lipinski definition) is 4. The van der Waals surface area contributed by atoms with E-state index in [9.17, 15) is 8.42 Å². The van der Waals surface area contributed by atoms with Crippen molar-refractivity contribution in [1.82, 2.24) is 9.62 Å². The van der Waals surface area contributed by atoms with E-state index in [2.05, 4.69) is 5.32 Å². The first-order valence-electron chi connectivity index (χ1n) is 5.34. The lowest BCUT2D eigenvalue weighted by atomic mass is 10.1. The van der Waals surface area contributed by atoms with E-state index in [0.717, 1.165) is 25.8 Å². The van der Waals surface area contributed by atoms with Crippen LogP contribution in [0.5, 0.6) is 0 Å². The van der Waals surface area contributed by atoms with Crippen LogP contribution < -0.4 is 5.32 Å². The summed E-state index contributed by atoms with van der Waals surface area (Å²) in [6.07, 6.45) is 3.14. The molecule has 0 aromatic carbocycles. The Bertz CT molecular complexity index is 273. The van der Waals surface area contributed by atoms with E-state index in [1.807, 2.05) is 0 Å². The molecule has 1 rings (SSSR count). The maximum Gasteiger partial charge on any atom is 0.215 e. The van der Waals surface area contributed by atoms with Gasteiger partial charge in [0.15, 0.2) is 0 Å². The van der Waals surface area contributed by atoms with Crippen LogP contribution in [0.25, 0.3) is 0 Å². The molecule has 1 fully saturated rings. The van der Waals surface area contributed by atoms with Crippen molar-refractivity contribution >= 4 is 10.0 Å². The predicted octanol–water partition coefficient (Wildman–Crippen LogP) is -0.618. The van der Waals surface area contributed by atoms with Gasteiger partial charge in [-0.05, 0) is 19.4 Å². The first-order chi connectivity index (χ1) is 7.06. The number of nitrogens with zero attached hydrogens (tertiary/aromatic N) is 1. The summed E-state index contributed by atoms with van der Waals surface area (Å²) in [6.45, 7) is 0.951. The molecular weight excluding hydrogens is 216 g/mol. The molecule has 1 heterocycles. The van der Waals surface area contributed by atoms with Gasteiger partial charge >= 0.3 is 0 Å². The van der Waals surface area contributed by atoms with Gasteiger partial charge in [-0.2, -0.15) is 0 Å². The highest BCUT2D eigenvalue weighted by Gasteiger charge is 2.24. The highest BCUT2D eigenvalue weighted by atomic mass is 32.2. The fraction of sp³-hybridized carbons (Fsp3) is 1.00. The van der Waals surface area contributed by atoms with Crippen molar-refractivity contribution in [3.8, 4) is 0 Å². The van der Waals surface area contributed by atoms with Crippen LogP contribution >= 0.6 is 0 Å². The topological polar surface area (TPSA) is 69.6 Å². The normalized spacial score (nSPS) is 23.3. The third kappa shape index (κ3) is 4.06. The van der Waals surface area contributed by atoms with Crippen LogP contribution in [0.1, 0.15) is 19.3 Å². The fourth-order valence-electron chi connectivity index (χ4n) is 1.73. The number of rotatable bonds is 5. The zero-order valence-electron chi connectivity index (χ0n) is 9.15.